The van der Waals surface area contributed by atoms with Crippen LogP contribution in [0.3, 0.4) is 0 Å². The van der Waals surface area contributed by atoms with Gasteiger partial charge in [-0.2, -0.15) is 0 Å². The van der Waals surface area contributed by atoms with Gasteiger partial charge in [0, 0.05) is 32.2 Å². The molecule has 2 unspecified atom stereocenters. The Morgan fingerprint density at radius 2 is 1.78 bits per heavy atom. The minimum Gasteiger partial charge on any atom is -0.355 e. The molecule has 2 atom stereocenters. The molecule has 142 valence electrons. The number of rotatable bonds is 6. The van der Waals surface area contributed by atoms with Gasteiger partial charge in [-0.05, 0) is 36.5 Å². The van der Waals surface area contributed by atoms with Crippen LogP contribution in [-0.4, -0.2) is 29.9 Å². The molecule has 0 radical (unpaired) electrons. The summed E-state index contributed by atoms with van der Waals surface area (Å²) < 4.78 is 0. The normalized spacial score (nSPS) is 22.0. The van der Waals surface area contributed by atoms with Gasteiger partial charge in [-0.1, -0.05) is 54.1 Å². The van der Waals surface area contributed by atoms with Crippen molar-refractivity contribution >= 4 is 5.91 Å². The maximum Gasteiger partial charge on any atom is 0.238 e. The Hall–Kier alpha value is -2.21. The van der Waals surface area contributed by atoms with E-state index in [9.17, 15) is 4.79 Å². The fraction of sp³-hybridized carbons (Fsp3) is 0.409. The molecule has 2 aliphatic heterocycles. The zero-order valence-corrected chi connectivity index (χ0v) is 15.9. The average molecular weight is 364 g/mol. The predicted octanol–water partition coefficient (Wildman–Crippen LogP) is 2.42. The first-order chi connectivity index (χ1) is 13.2. The molecule has 3 N–H and O–H groups in total. The minimum absolute atomic E-state index is 0.0850. The third-order valence-corrected chi connectivity index (χ3v) is 5.56. The standard InChI is InChI=1S/C22H28N4O/c1-16-7-9-17(10-8-16)20-13-21(25-24-20)22(27)23-11-4-12-26-14-18-5-2-3-6-19(18)15-26/h2-3,5-10,20-21,24-25H,4,11-15H2,1H3,(H,23,27). The van der Waals surface area contributed by atoms with Gasteiger partial charge in [0.25, 0.3) is 0 Å². The van der Waals surface area contributed by atoms with E-state index < -0.39 is 0 Å². The molecule has 1 saturated heterocycles. The number of amides is 1. The number of hydrogen-bond acceptors (Lipinski definition) is 4. The highest BCUT2D eigenvalue weighted by molar-refractivity contribution is 5.82. The fourth-order valence-electron chi connectivity index (χ4n) is 3.94. The number of fused-ring (bicyclic) bond motifs is 1. The SMILES string of the molecule is Cc1ccc(C2CC(C(=O)NCCCN3Cc4ccccc4C3)NN2)cc1. The molecule has 0 aliphatic carbocycles. The third kappa shape index (κ3) is 4.38. The van der Waals surface area contributed by atoms with Crippen LogP contribution < -0.4 is 16.2 Å². The fourth-order valence-corrected chi connectivity index (χ4v) is 3.94. The summed E-state index contributed by atoms with van der Waals surface area (Å²) in [7, 11) is 0. The Kier molecular flexibility index (Phi) is 5.53. The summed E-state index contributed by atoms with van der Waals surface area (Å²) in [6.07, 6.45) is 1.75. The summed E-state index contributed by atoms with van der Waals surface area (Å²) in [5.41, 5.74) is 11.7. The van der Waals surface area contributed by atoms with E-state index >= 15 is 0 Å². The highest BCUT2D eigenvalue weighted by Gasteiger charge is 2.29. The first kappa shape index (κ1) is 18.2. The molecule has 2 aromatic rings. The number of benzene rings is 2. The maximum atomic E-state index is 12.4. The van der Waals surface area contributed by atoms with Crippen molar-refractivity contribution in [3.05, 3.63) is 70.8 Å². The number of carbonyl (C=O) groups excluding carboxylic acids is 1. The van der Waals surface area contributed by atoms with Crippen molar-refractivity contribution in [2.45, 2.75) is 44.9 Å². The highest BCUT2D eigenvalue weighted by Crippen LogP contribution is 2.23. The van der Waals surface area contributed by atoms with E-state index in [1.165, 1.54) is 22.3 Å². The van der Waals surface area contributed by atoms with Crippen molar-refractivity contribution in [3.8, 4) is 0 Å². The highest BCUT2D eigenvalue weighted by atomic mass is 16.2. The minimum atomic E-state index is -0.174. The summed E-state index contributed by atoms with van der Waals surface area (Å²) in [6.45, 7) is 5.87. The Morgan fingerprint density at radius 1 is 1.07 bits per heavy atom. The maximum absolute atomic E-state index is 12.4. The van der Waals surface area contributed by atoms with E-state index in [1.807, 2.05) is 0 Å². The number of nitrogens with zero attached hydrogens (tertiary/aromatic N) is 1. The molecule has 0 saturated carbocycles. The Bertz CT molecular complexity index is 764. The predicted molar refractivity (Wildman–Crippen MR) is 107 cm³/mol. The number of hydrogen-bond donors (Lipinski definition) is 3. The van der Waals surface area contributed by atoms with Gasteiger partial charge in [0.2, 0.25) is 5.91 Å². The van der Waals surface area contributed by atoms with Crippen LogP contribution in [0.5, 0.6) is 0 Å². The van der Waals surface area contributed by atoms with Crippen LogP contribution in [-0.2, 0) is 17.9 Å². The van der Waals surface area contributed by atoms with Crippen molar-refractivity contribution < 1.29 is 4.79 Å². The lowest BCUT2D eigenvalue weighted by Crippen LogP contribution is -2.43. The monoisotopic (exact) mass is 364 g/mol. The van der Waals surface area contributed by atoms with Crippen LogP contribution in [0, 0.1) is 6.92 Å². The zero-order chi connectivity index (χ0) is 18.6. The summed E-state index contributed by atoms with van der Waals surface area (Å²) in [5, 5.41) is 3.08. The summed E-state index contributed by atoms with van der Waals surface area (Å²) >= 11 is 0. The van der Waals surface area contributed by atoms with E-state index in [-0.39, 0.29) is 18.0 Å². The quantitative estimate of drug-likeness (QED) is 0.689. The van der Waals surface area contributed by atoms with Gasteiger partial charge in [0.05, 0.1) is 0 Å². The van der Waals surface area contributed by atoms with Crippen LogP contribution in [0.15, 0.2) is 48.5 Å². The Balaban J connectivity index is 1.17. The van der Waals surface area contributed by atoms with Crippen LogP contribution in [0.25, 0.3) is 0 Å². The average Bonchev–Trinajstić information content (AvgIpc) is 3.32. The van der Waals surface area contributed by atoms with E-state index in [0.29, 0.717) is 0 Å². The van der Waals surface area contributed by atoms with Crippen molar-refractivity contribution in [3.63, 3.8) is 0 Å². The molecular formula is C22H28N4O. The second-order valence-electron chi connectivity index (χ2n) is 7.66. The third-order valence-electron chi connectivity index (χ3n) is 5.56. The first-order valence-electron chi connectivity index (χ1n) is 9.83. The largest absolute Gasteiger partial charge is 0.355 e. The molecule has 0 aromatic heterocycles. The number of nitrogens with one attached hydrogen (secondary N) is 3. The van der Waals surface area contributed by atoms with E-state index in [4.69, 9.17) is 0 Å². The lowest BCUT2D eigenvalue weighted by Gasteiger charge is -2.15. The molecule has 0 spiro atoms. The number of aryl methyl sites for hydroxylation is 1. The second kappa shape index (κ2) is 8.21. The molecule has 2 aliphatic rings. The van der Waals surface area contributed by atoms with E-state index in [2.05, 4.69) is 76.5 Å². The number of carbonyl (C=O) groups is 1. The van der Waals surface area contributed by atoms with Gasteiger partial charge in [-0.25, -0.2) is 10.9 Å². The van der Waals surface area contributed by atoms with E-state index in [0.717, 1.165) is 39.0 Å². The summed E-state index contributed by atoms with van der Waals surface area (Å²) in [5.74, 6) is 0.0850. The second-order valence-corrected chi connectivity index (χ2v) is 7.66. The van der Waals surface area contributed by atoms with Crippen LogP contribution >= 0.6 is 0 Å². The Morgan fingerprint density at radius 3 is 2.48 bits per heavy atom. The summed E-state index contributed by atoms with van der Waals surface area (Å²) in [4.78, 5) is 14.9. The lowest BCUT2D eigenvalue weighted by atomic mass is 10.0. The zero-order valence-electron chi connectivity index (χ0n) is 15.9. The van der Waals surface area contributed by atoms with Gasteiger partial charge < -0.3 is 5.32 Å². The summed E-state index contributed by atoms with van der Waals surface area (Å²) in [6, 6.07) is 17.1. The lowest BCUT2D eigenvalue weighted by molar-refractivity contribution is -0.122. The van der Waals surface area contributed by atoms with Crippen LogP contribution in [0.4, 0.5) is 0 Å². The molecule has 1 amide bonds. The van der Waals surface area contributed by atoms with Crippen molar-refractivity contribution in [1.82, 2.24) is 21.1 Å². The van der Waals surface area contributed by atoms with Crippen molar-refractivity contribution in [1.29, 1.82) is 0 Å². The molecule has 4 rings (SSSR count). The van der Waals surface area contributed by atoms with Gasteiger partial charge in [-0.15, -0.1) is 0 Å². The molecule has 5 heteroatoms. The molecule has 27 heavy (non-hydrogen) atoms. The topological polar surface area (TPSA) is 56.4 Å². The van der Waals surface area contributed by atoms with Crippen molar-refractivity contribution in [2.75, 3.05) is 13.1 Å². The van der Waals surface area contributed by atoms with Crippen LogP contribution in [0.2, 0.25) is 0 Å². The smallest absolute Gasteiger partial charge is 0.238 e. The van der Waals surface area contributed by atoms with Crippen molar-refractivity contribution in [2.24, 2.45) is 0 Å². The van der Waals surface area contributed by atoms with Gasteiger partial charge >= 0.3 is 0 Å². The molecule has 2 aromatic carbocycles. The molecule has 0 bridgehead atoms. The van der Waals surface area contributed by atoms with Crippen LogP contribution in [0.1, 0.15) is 41.1 Å². The molecular weight excluding hydrogens is 336 g/mol. The number of hydrazine groups is 1. The van der Waals surface area contributed by atoms with Gasteiger partial charge in [-0.3, -0.25) is 9.69 Å². The molecule has 1 fully saturated rings. The van der Waals surface area contributed by atoms with Gasteiger partial charge in [0.15, 0.2) is 0 Å². The van der Waals surface area contributed by atoms with E-state index in [1.54, 1.807) is 0 Å². The van der Waals surface area contributed by atoms with Gasteiger partial charge in [0.1, 0.15) is 6.04 Å². The molecule has 5 nitrogen and oxygen atoms in total. The first-order valence-corrected chi connectivity index (χ1v) is 9.83. The molecule has 2 heterocycles. The Labute approximate surface area is 161 Å².